The van der Waals surface area contributed by atoms with Crippen LogP contribution >= 0.6 is 24.0 Å². The third-order valence-corrected chi connectivity index (χ3v) is 9.52. The van der Waals surface area contributed by atoms with Crippen molar-refractivity contribution in [1.29, 1.82) is 0 Å². The molecule has 1 fully saturated rings. The molecular weight excluding hydrogens is 553 g/mol. The van der Waals surface area contributed by atoms with Gasteiger partial charge in [-0.25, -0.2) is 13.1 Å². The SMILES string of the molecule is CC(C)NC(=S)Nc1ccc(C2=NCC(C3=CCC(NC4OC4C)C=C3S(=O)(=O)NCCCN(C)C)S2)cc1. The van der Waals surface area contributed by atoms with Gasteiger partial charge in [0.1, 0.15) is 6.23 Å². The van der Waals surface area contributed by atoms with Crippen molar-refractivity contribution < 1.29 is 13.2 Å². The molecule has 2 heterocycles. The Bertz CT molecular complexity index is 1230. The number of aliphatic imine (C=N–C) groups is 1. The molecule has 0 radical (unpaired) electrons. The molecule has 3 aliphatic rings. The van der Waals surface area contributed by atoms with E-state index in [4.69, 9.17) is 21.9 Å². The summed E-state index contributed by atoms with van der Waals surface area (Å²) in [5.74, 6) is 0. The maximum absolute atomic E-state index is 13.5. The Labute approximate surface area is 242 Å². The normalized spacial score (nSPS) is 24.8. The van der Waals surface area contributed by atoms with E-state index in [1.165, 1.54) is 0 Å². The molecule has 4 N–H and O–H groups in total. The fourth-order valence-corrected chi connectivity index (χ4v) is 7.49. The van der Waals surface area contributed by atoms with Crippen molar-refractivity contribution in [3.05, 3.63) is 52.5 Å². The summed E-state index contributed by atoms with van der Waals surface area (Å²) < 4.78 is 35.3. The summed E-state index contributed by atoms with van der Waals surface area (Å²) in [6.45, 7) is 7.82. The highest BCUT2D eigenvalue weighted by atomic mass is 32.2. The van der Waals surface area contributed by atoms with Gasteiger partial charge in [-0.1, -0.05) is 30.0 Å². The van der Waals surface area contributed by atoms with Gasteiger partial charge >= 0.3 is 0 Å². The van der Waals surface area contributed by atoms with Gasteiger partial charge < -0.3 is 20.3 Å². The number of epoxide rings is 1. The van der Waals surface area contributed by atoms with Crippen molar-refractivity contribution in [3.8, 4) is 0 Å². The zero-order valence-corrected chi connectivity index (χ0v) is 25.7. The summed E-state index contributed by atoms with van der Waals surface area (Å²) in [6.07, 6.45) is 5.48. The Morgan fingerprint density at radius 2 is 1.97 bits per heavy atom. The number of benzene rings is 1. The van der Waals surface area contributed by atoms with Crippen LogP contribution in [0.5, 0.6) is 0 Å². The number of hydrogen-bond acceptors (Lipinski definition) is 8. The quantitative estimate of drug-likeness (QED) is 0.165. The molecule has 0 amide bonds. The number of sulfonamides is 1. The van der Waals surface area contributed by atoms with Crippen molar-refractivity contribution >= 4 is 49.8 Å². The van der Waals surface area contributed by atoms with Gasteiger partial charge in [-0.2, -0.15) is 0 Å². The molecule has 214 valence electrons. The maximum Gasteiger partial charge on any atom is 0.240 e. The first-order valence-electron chi connectivity index (χ1n) is 13.4. The summed E-state index contributed by atoms with van der Waals surface area (Å²) >= 11 is 6.95. The third kappa shape index (κ3) is 8.59. The van der Waals surface area contributed by atoms with E-state index >= 15 is 0 Å². The molecule has 0 saturated carbocycles. The van der Waals surface area contributed by atoms with E-state index in [-0.39, 0.29) is 29.7 Å². The van der Waals surface area contributed by atoms with Gasteiger partial charge in [0.25, 0.3) is 0 Å². The molecule has 0 aromatic heterocycles. The fraction of sp³-hybridized carbons (Fsp3) is 0.556. The zero-order valence-electron chi connectivity index (χ0n) is 23.2. The summed E-state index contributed by atoms with van der Waals surface area (Å²) in [5, 5.41) is 11.2. The first kappa shape index (κ1) is 30.2. The number of thiocarbonyl (C=S) groups is 1. The Hall–Kier alpha value is -1.80. The van der Waals surface area contributed by atoms with E-state index in [1.807, 2.05) is 70.1 Å². The van der Waals surface area contributed by atoms with Gasteiger partial charge in [-0.3, -0.25) is 10.3 Å². The van der Waals surface area contributed by atoms with E-state index in [2.05, 4.69) is 26.7 Å². The summed E-state index contributed by atoms with van der Waals surface area (Å²) in [6, 6.07) is 8.14. The van der Waals surface area contributed by atoms with Crippen LogP contribution in [0.3, 0.4) is 0 Å². The number of rotatable bonds is 12. The molecule has 9 nitrogen and oxygen atoms in total. The molecule has 39 heavy (non-hydrogen) atoms. The number of ether oxygens (including phenoxy) is 1. The lowest BCUT2D eigenvalue weighted by molar-refractivity contribution is 0.339. The number of thioether (sulfide) groups is 1. The number of anilines is 1. The summed E-state index contributed by atoms with van der Waals surface area (Å²) in [5.41, 5.74) is 2.73. The molecule has 4 unspecified atom stereocenters. The van der Waals surface area contributed by atoms with Gasteiger partial charge in [0.2, 0.25) is 10.0 Å². The first-order valence-corrected chi connectivity index (χ1v) is 16.2. The number of allylic oxidation sites excluding steroid dienone is 1. The molecule has 1 aromatic rings. The molecular formula is C27H40N6O3S3. The highest BCUT2D eigenvalue weighted by Crippen LogP contribution is 2.38. The monoisotopic (exact) mass is 592 g/mol. The molecule has 4 atom stereocenters. The Balaban J connectivity index is 1.43. The molecule has 1 saturated heterocycles. The third-order valence-electron chi connectivity index (χ3n) is 6.49. The zero-order chi connectivity index (χ0) is 28.2. The highest BCUT2D eigenvalue weighted by Gasteiger charge is 2.38. The molecule has 0 bridgehead atoms. The van der Waals surface area contributed by atoms with Crippen LogP contribution in [0.15, 0.2) is 51.9 Å². The van der Waals surface area contributed by atoms with Crippen LogP contribution in [-0.2, 0) is 14.8 Å². The minimum absolute atomic E-state index is 0.0260. The van der Waals surface area contributed by atoms with Crippen LogP contribution in [0.4, 0.5) is 5.69 Å². The van der Waals surface area contributed by atoms with Crippen LogP contribution in [0.25, 0.3) is 0 Å². The molecule has 2 aliphatic heterocycles. The number of nitrogens with one attached hydrogen (secondary N) is 4. The maximum atomic E-state index is 13.5. The van der Waals surface area contributed by atoms with E-state index in [0.717, 1.165) is 34.8 Å². The second-order valence-electron chi connectivity index (χ2n) is 10.6. The minimum Gasteiger partial charge on any atom is -0.360 e. The lowest BCUT2D eigenvalue weighted by Gasteiger charge is -2.25. The van der Waals surface area contributed by atoms with Crippen LogP contribution in [0.1, 0.15) is 39.2 Å². The Morgan fingerprint density at radius 1 is 1.26 bits per heavy atom. The standard InChI is InChI=1S/C27H40N6O3S3/c1-17(2)30-27(37)32-20-9-7-19(8-10-20)26-28-16-23(38-26)22-12-11-21(31-25-18(3)36-25)15-24(22)39(34,35)29-13-6-14-33(4)5/h7-10,12,15,17-18,21,23,25,29,31H,6,11,13-14,16H2,1-5H3,(H2,30,32,37). The molecule has 4 rings (SSSR count). The predicted octanol–water partition coefficient (Wildman–Crippen LogP) is 3.03. The van der Waals surface area contributed by atoms with Gasteiger partial charge in [0.15, 0.2) is 5.11 Å². The minimum atomic E-state index is -3.68. The summed E-state index contributed by atoms with van der Waals surface area (Å²) in [7, 11) is 0.276. The summed E-state index contributed by atoms with van der Waals surface area (Å²) in [4.78, 5) is 7.18. The molecule has 1 aromatic carbocycles. The van der Waals surface area contributed by atoms with Crippen molar-refractivity contribution in [2.24, 2.45) is 4.99 Å². The van der Waals surface area contributed by atoms with Crippen LogP contribution in [0.2, 0.25) is 0 Å². The molecule has 0 spiro atoms. The van der Waals surface area contributed by atoms with Crippen LogP contribution < -0.4 is 20.7 Å². The van der Waals surface area contributed by atoms with Crippen molar-refractivity contribution in [1.82, 2.24) is 20.3 Å². The van der Waals surface area contributed by atoms with Gasteiger partial charge in [0.05, 0.1) is 27.8 Å². The smallest absolute Gasteiger partial charge is 0.240 e. The van der Waals surface area contributed by atoms with Crippen molar-refractivity contribution in [2.45, 2.75) is 63.3 Å². The second-order valence-corrected chi connectivity index (χ2v) is 13.9. The number of hydrogen-bond donors (Lipinski definition) is 4. The topological polar surface area (TPSA) is 110 Å². The van der Waals surface area contributed by atoms with E-state index in [0.29, 0.717) is 29.5 Å². The predicted molar refractivity (Wildman–Crippen MR) is 166 cm³/mol. The number of nitrogens with zero attached hydrogens (tertiary/aromatic N) is 2. The van der Waals surface area contributed by atoms with E-state index in [1.54, 1.807) is 11.8 Å². The molecule has 1 aliphatic carbocycles. The van der Waals surface area contributed by atoms with Crippen LogP contribution in [0, 0.1) is 0 Å². The van der Waals surface area contributed by atoms with Gasteiger partial charge in [-0.15, -0.1) is 0 Å². The molecule has 12 heteroatoms. The second kappa shape index (κ2) is 13.2. The average Bonchev–Trinajstić information content (AvgIpc) is 3.34. The highest BCUT2D eigenvalue weighted by molar-refractivity contribution is 8.15. The lowest BCUT2D eigenvalue weighted by Crippen LogP contribution is -2.36. The lowest BCUT2D eigenvalue weighted by atomic mass is 10.00. The van der Waals surface area contributed by atoms with Gasteiger partial charge in [0, 0.05) is 29.9 Å². The fourth-order valence-electron chi connectivity index (χ4n) is 4.43. The Kier molecular flexibility index (Phi) is 10.2. The van der Waals surface area contributed by atoms with Crippen molar-refractivity contribution in [3.63, 3.8) is 0 Å². The first-order chi connectivity index (χ1) is 18.5. The van der Waals surface area contributed by atoms with E-state index < -0.39 is 10.0 Å². The average molecular weight is 593 g/mol. The van der Waals surface area contributed by atoms with E-state index in [9.17, 15) is 8.42 Å². The Morgan fingerprint density at radius 3 is 2.62 bits per heavy atom. The van der Waals surface area contributed by atoms with Crippen molar-refractivity contribution in [2.75, 3.05) is 39.0 Å². The van der Waals surface area contributed by atoms with Gasteiger partial charge in [-0.05, 0) is 90.3 Å². The van der Waals surface area contributed by atoms with Crippen LogP contribution in [-0.4, -0.2) is 86.9 Å². The largest absolute Gasteiger partial charge is 0.360 e.